The predicted molar refractivity (Wildman–Crippen MR) is 81.0 cm³/mol. The minimum atomic E-state index is -0.933. The van der Waals surface area contributed by atoms with Crippen molar-refractivity contribution < 1.29 is 14.7 Å². The van der Waals surface area contributed by atoms with Crippen LogP contribution in [-0.2, 0) is 16.0 Å². The Balaban J connectivity index is 1.88. The number of aliphatic carboxylic acids is 1. The van der Waals surface area contributed by atoms with Gasteiger partial charge in [-0.25, -0.2) is 4.79 Å². The molecule has 2 rings (SSSR count). The van der Waals surface area contributed by atoms with E-state index in [0.717, 1.165) is 18.4 Å². The molecule has 4 nitrogen and oxygen atoms in total. The monoisotopic (exact) mass is 289 g/mol. The summed E-state index contributed by atoms with van der Waals surface area (Å²) in [4.78, 5) is 23.4. The van der Waals surface area contributed by atoms with E-state index in [0.29, 0.717) is 18.8 Å². The van der Waals surface area contributed by atoms with Gasteiger partial charge in [0.1, 0.15) is 6.04 Å². The molecular weight excluding hydrogens is 266 g/mol. The van der Waals surface area contributed by atoms with Crippen molar-refractivity contribution in [2.45, 2.75) is 45.6 Å². The summed E-state index contributed by atoms with van der Waals surface area (Å²) in [5.74, 6) is -0.867. The lowest BCUT2D eigenvalue weighted by Crippen LogP contribution is -2.43. The van der Waals surface area contributed by atoms with Gasteiger partial charge in [-0.05, 0) is 31.2 Å². The van der Waals surface area contributed by atoms with Crippen molar-refractivity contribution in [3.8, 4) is 0 Å². The molecule has 21 heavy (non-hydrogen) atoms. The Morgan fingerprint density at radius 2 is 1.90 bits per heavy atom. The summed E-state index contributed by atoms with van der Waals surface area (Å²) in [6.45, 7) is 3.86. The molecule has 114 valence electrons. The number of hydrogen-bond donors (Lipinski definition) is 2. The summed E-state index contributed by atoms with van der Waals surface area (Å²) < 4.78 is 0. The first-order valence-electron chi connectivity index (χ1n) is 7.54. The van der Waals surface area contributed by atoms with Crippen LogP contribution in [-0.4, -0.2) is 23.0 Å². The lowest BCUT2D eigenvalue weighted by molar-refractivity contribution is -0.142. The number of carbonyl (C=O) groups is 2. The van der Waals surface area contributed by atoms with Crippen LogP contribution in [0.15, 0.2) is 24.3 Å². The lowest BCUT2D eigenvalue weighted by atomic mass is 9.99. The van der Waals surface area contributed by atoms with Crippen molar-refractivity contribution in [1.29, 1.82) is 0 Å². The van der Waals surface area contributed by atoms with Crippen LogP contribution >= 0.6 is 0 Å². The van der Waals surface area contributed by atoms with E-state index in [1.54, 1.807) is 0 Å². The molecular formula is C17H23NO3. The minimum Gasteiger partial charge on any atom is -0.480 e. The van der Waals surface area contributed by atoms with Gasteiger partial charge in [0.05, 0.1) is 0 Å². The molecule has 0 aromatic heterocycles. The van der Waals surface area contributed by atoms with Gasteiger partial charge < -0.3 is 10.4 Å². The molecule has 1 aromatic carbocycles. The van der Waals surface area contributed by atoms with E-state index in [1.165, 1.54) is 5.56 Å². The number of aryl methyl sites for hydroxylation is 1. The fourth-order valence-corrected chi connectivity index (χ4v) is 2.39. The second kappa shape index (κ2) is 6.74. The van der Waals surface area contributed by atoms with E-state index in [-0.39, 0.29) is 11.8 Å². The van der Waals surface area contributed by atoms with E-state index in [2.05, 4.69) is 5.32 Å². The zero-order chi connectivity index (χ0) is 15.4. The fourth-order valence-electron chi connectivity index (χ4n) is 2.39. The molecule has 2 N–H and O–H groups in total. The molecule has 0 heterocycles. The van der Waals surface area contributed by atoms with Crippen molar-refractivity contribution in [2.24, 2.45) is 11.8 Å². The maximum Gasteiger partial charge on any atom is 0.326 e. The predicted octanol–water partition coefficient (Wildman–Crippen LogP) is 2.54. The smallest absolute Gasteiger partial charge is 0.326 e. The first-order valence-corrected chi connectivity index (χ1v) is 7.54. The molecule has 1 aliphatic carbocycles. The van der Waals surface area contributed by atoms with Crippen LogP contribution < -0.4 is 5.32 Å². The van der Waals surface area contributed by atoms with Gasteiger partial charge in [-0.1, -0.05) is 49.6 Å². The molecule has 1 saturated carbocycles. The molecule has 1 aromatic rings. The van der Waals surface area contributed by atoms with Crippen LogP contribution in [0, 0.1) is 18.8 Å². The minimum absolute atomic E-state index is 0.177. The Morgan fingerprint density at radius 3 is 2.43 bits per heavy atom. The van der Waals surface area contributed by atoms with E-state index in [4.69, 9.17) is 0 Å². The third kappa shape index (κ3) is 4.88. The zero-order valence-corrected chi connectivity index (χ0v) is 12.6. The van der Waals surface area contributed by atoms with E-state index < -0.39 is 12.0 Å². The van der Waals surface area contributed by atoms with Crippen LogP contribution in [0.25, 0.3) is 0 Å². The normalized spacial score (nSPS) is 17.0. The topological polar surface area (TPSA) is 66.4 Å². The van der Waals surface area contributed by atoms with Crippen LogP contribution in [0.2, 0.25) is 0 Å². The Bertz CT molecular complexity index is 505. The standard InChI is InChI=1S/C17H23NO3/c1-11-3-5-13(6-4-11)9-12(2)16(19)18-15(17(20)21)10-14-7-8-14/h3-6,12,14-15H,7-10H2,1-2H3,(H,18,19)(H,20,21). The Labute approximate surface area is 125 Å². The van der Waals surface area contributed by atoms with E-state index in [9.17, 15) is 14.7 Å². The Hall–Kier alpha value is -1.84. The van der Waals surface area contributed by atoms with Gasteiger partial charge in [-0.2, -0.15) is 0 Å². The molecule has 0 saturated heterocycles. The quantitative estimate of drug-likeness (QED) is 0.810. The SMILES string of the molecule is Cc1ccc(CC(C)C(=O)NC(CC2CC2)C(=O)O)cc1. The van der Waals surface area contributed by atoms with Crippen LogP contribution in [0.5, 0.6) is 0 Å². The lowest BCUT2D eigenvalue weighted by Gasteiger charge is -2.18. The van der Waals surface area contributed by atoms with E-state index >= 15 is 0 Å². The summed E-state index contributed by atoms with van der Waals surface area (Å²) in [6.07, 6.45) is 3.34. The summed E-state index contributed by atoms with van der Waals surface area (Å²) >= 11 is 0. The number of nitrogens with one attached hydrogen (secondary N) is 1. The van der Waals surface area contributed by atoms with Gasteiger partial charge in [0.25, 0.3) is 0 Å². The number of carboxylic acid groups (broad SMARTS) is 1. The highest BCUT2D eigenvalue weighted by molar-refractivity contribution is 5.84. The number of carbonyl (C=O) groups excluding carboxylic acids is 1. The summed E-state index contributed by atoms with van der Waals surface area (Å²) in [5.41, 5.74) is 2.28. The molecule has 1 aliphatic rings. The highest BCUT2D eigenvalue weighted by Gasteiger charge is 2.31. The number of rotatable bonds is 7. The summed E-state index contributed by atoms with van der Waals surface area (Å²) in [7, 11) is 0. The van der Waals surface area contributed by atoms with Gasteiger partial charge in [0, 0.05) is 5.92 Å². The molecule has 0 bridgehead atoms. The van der Waals surface area contributed by atoms with Crippen molar-refractivity contribution >= 4 is 11.9 Å². The Kier molecular flexibility index (Phi) is 4.99. The van der Waals surface area contributed by atoms with Crippen LogP contribution in [0.3, 0.4) is 0 Å². The maximum absolute atomic E-state index is 12.2. The molecule has 4 heteroatoms. The largest absolute Gasteiger partial charge is 0.480 e. The van der Waals surface area contributed by atoms with Crippen LogP contribution in [0.4, 0.5) is 0 Å². The maximum atomic E-state index is 12.2. The zero-order valence-electron chi connectivity index (χ0n) is 12.6. The molecule has 0 radical (unpaired) electrons. The third-order valence-electron chi connectivity index (χ3n) is 3.99. The fraction of sp³-hybridized carbons (Fsp3) is 0.529. The molecule has 1 amide bonds. The van der Waals surface area contributed by atoms with Gasteiger partial charge in [-0.15, -0.1) is 0 Å². The van der Waals surface area contributed by atoms with Crippen molar-refractivity contribution in [2.75, 3.05) is 0 Å². The first-order chi connectivity index (χ1) is 9.95. The summed E-state index contributed by atoms with van der Waals surface area (Å²) in [6, 6.07) is 7.32. The first kappa shape index (κ1) is 15.5. The van der Waals surface area contributed by atoms with Crippen molar-refractivity contribution in [3.63, 3.8) is 0 Å². The van der Waals surface area contributed by atoms with E-state index in [1.807, 2.05) is 38.1 Å². The Morgan fingerprint density at radius 1 is 1.29 bits per heavy atom. The second-order valence-corrected chi connectivity index (χ2v) is 6.17. The molecule has 2 unspecified atom stereocenters. The average molecular weight is 289 g/mol. The summed E-state index contributed by atoms with van der Waals surface area (Å²) in [5, 5.41) is 11.9. The third-order valence-corrected chi connectivity index (χ3v) is 3.99. The molecule has 1 fully saturated rings. The van der Waals surface area contributed by atoms with Gasteiger partial charge >= 0.3 is 5.97 Å². The molecule has 0 aliphatic heterocycles. The highest BCUT2D eigenvalue weighted by atomic mass is 16.4. The van der Waals surface area contributed by atoms with Crippen molar-refractivity contribution in [3.05, 3.63) is 35.4 Å². The van der Waals surface area contributed by atoms with Gasteiger partial charge in [-0.3, -0.25) is 4.79 Å². The number of benzene rings is 1. The van der Waals surface area contributed by atoms with Crippen molar-refractivity contribution in [1.82, 2.24) is 5.32 Å². The average Bonchev–Trinajstić information content (AvgIpc) is 3.24. The second-order valence-electron chi connectivity index (χ2n) is 6.17. The van der Waals surface area contributed by atoms with Gasteiger partial charge in [0.2, 0.25) is 5.91 Å². The van der Waals surface area contributed by atoms with Crippen LogP contribution in [0.1, 0.15) is 37.3 Å². The number of carboxylic acids is 1. The number of hydrogen-bond acceptors (Lipinski definition) is 2. The highest BCUT2D eigenvalue weighted by Crippen LogP contribution is 2.33. The molecule has 0 spiro atoms. The molecule has 2 atom stereocenters. The number of amides is 1. The van der Waals surface area contributed by atoms with Gasteiger partial charge in [0.15, 0.2) is 0 Å².